The first-order chi connectivity index (χ1) is 9.56. The number of anilines is 1. The molecule has 0 atom stereocenters. The van der Waals surface area contributed by atoms with Crippen LogP contribution in [-0.2, 0) is 4.79 Å². The highest BCUT2D eigenvalue weighted by molar-refractivity contribution is 5.92. The van der Waals surface area contributed by atoms with Gasteiger partial charge in [-0.1, -0.05) is 6.07 Å². The highest BCUT2D eigenvalue weighted by atomic mass is 16.2. The number of hydrogen-bond acceptors (Lipinski definition) is 2. The Balaban J connectivity index is 1.90. The maximum Gasteiger partial charge on any atom is 0.226 e. The number of rotatable bonds is 4. The summed E-state index contributed by atoms with van der Waals surface area (Å²) in [6, 6.07) is 6.29. The number of aryl methyl sites for hydroxylation is 2. The van der Waals surface area contributed by atoms with E-state index in [9.17, 15) is 4.79 Å². The van der Waals surface area contributed by atoms with Gasteiger partial charge in [-0.3, -0.25) is 4.79 Å². The molecule has 110 valence electrons. The van der Waals surface area contributed by atoms with E-state index in [2.05, 4.69) is 37.4 Å². The monoisotopic (exact) mass is 274 g/mol. The molecule has 1 aliphatic heterocycles. The highest BCUT2D eigenvalue weighted by Crippen LogP contribution is 2.21. The van der Waals surface area contributed by atoms with Crippen molar-refractivity contribution >= 4 is 11.6 Å². The zero-order valence-corrected chi connectivity index (χ0v) is 12.9. The number of benzene rings is 1. The molecule has 1 heterocycles. The summed E-state index contributed by atoms with van der Waals surface area (Å²) in [5.41, 5.74) is 3.42. The van der Waals surface area contributed by atoms with Crippen molar-refractivity contribution < 1.29 is 4.79 Å². The molecular weight excluding hydrogens is 248 g/mol. The fraction of sp³-hybridized carbons (Fsp3) is 0.588. The first-order valence-electron chi connectivity index (χ1n) is 7.62. The van der Waals surface area contributed by atoms with Crippen molar-refractivity contribution in [3.05, 3.63) is 29.3 Å². The molecule has 0 aromatic heterocycles. The van der Waals surface area contributed by atoms with Crippen molar-refractivity contribution in [1.29, 1.82) is 0 Å². The topological polar surface area (TPSA) is 32.3 Å². The van der Waals surface area contributed by atoms with E-state index in [1.807, 2.05) is 7.05 Å². The molecule has 1 amide bonds. The largest absolute Gasteiger partial charge is 0.317 e. The predicted octanol–water partition coefficient (Wildman–Crippen LogP) is 3.05. The van der Waals surface area contributed by atoms with Gasteiger partial charge in [-0.25, -0.2) is 0 Å². The summed E-state index contributed by atoms with van der Waals surface area (Å²) in [7, 11) is 1.89. The fourth-order valence-electron chi connectivity index (χ4n) is 2.95. The zero-order valence-electron chi connectivity index (χ0n) is 12.9. The van der Waals surface area contributed by atoms with Gasteiger partial charge in [-0.05, 0) is 75.4 Å². The van der Waals surface area contributed by atoms with Gasteiger partial charge in [0.25, 0.3) is 0 Å². The van der Waals surface area contributed by atoms with Crippen LogP contribution in [0.3, 0.4) is 0 Å². The first kappa shape index (κ1) is 15.0. The van der Waals surface area contributed by atoms with E-state index in [0.29, 0.717) is 12.3 Å². The van der Waals surface area contributed by atoms with Gasteiger partial charge in [0, 0.05) is 19.2 Å². The van der Waals surface area contributed by atoms with Gasteiger partial charge in [0.2, 0.25) is 5.91 Å². The van der Waals surface area contributed by atoms with Crippen LogP contribution < -0.4 is 10.2 Å². The lowest BCUT2D eigenvalue weighted by Gasteiger charge is -2.24. The smallest absolute Gasteiger partial charge is 0.226 e. The summed E-state index contributed by atoms with van der Waals surface area (Å²) in [6.45, 7) is 6.35. The van der Waals surface area contributed by atoms with Gasteiger partial charge >= 0.3 is 0 Å². The third-order valence-electron chi connectivity index (χ3n) is 4.19. The Kier molecular flexibility index (Phi) is 5.18. The third kappa shape index (κ3) is 4.07. The van der Waals surface area contributed by atoms with Gasteiger partial charge in [0.15, 0.2) is 0 Å². The van der Waals surface area contributed by atoms with Crippen molar-refractivity contribution in [3.8, 4) is 0 Å². The highest BCUT2D eigenvalue weighted by Gasteiger charge is 2.17. The molecule has 3 nitrogen and oxygen atoms in total. The van der Waals surface area contributed by atoms with Crippen molar-refractivity contribution in [2.45, 2.75) is 39.5 Å². The number of nitrogens with one attached hydrogen (secondary N) is 1. The summed E-state index contributed by atoms with van der Waals surface area (Å²) in [5.74, 6) is 0.946. The van der Waals surface area contributed by atoms with Crippen LogP contribution in [0.2, 0.25) is 0 Å². The average molecular weight is 274 g/mol. The van der Waals surface area contributed by atoms with Crippen LogP contribution in [0.5, 0.6) is 0 Å². The van der Waals surface area contributed by atoms with Crippen LogP contribution in [-0.4, -0.2) is 26.0 Å². The molecule has 0 unspecified atom stereocenters. The second kappa shape index (κ2) is 6.89. The molecule has 1 aromatic rings. The maximum absolute atomic E-state index is 12.3. The van der Waals surface area contributed by atoms with Crippen LogP contribution in [0.1, 0.15) is 36.8 Å². The predicted molar refractivity (Wildman–Crippen MR) is 84.2 cm³/mol. The Morgan fingerprint density at radius 2 is 1.80 bits per heavy atom. The number of piperidine rings is 1. The quantitative estimate of drug-likeness (QED) is 0.915. The van der Waals surface area contributed by atoms with E-state index in [4.69, 9.17) is 0 Å². The van der Waals surface area contributed by atoms with Crippen molar-refractivity contribution in [3.63, 3.8) is 0 Å². The summed E-state index contributed by atoms with van der Waals surface area (Å²) >= 11 is 0. The molecule has 0 radical (unpaired) electrons. The summed E-state index contributed by atoms with van der Waals surface area (Å²) < 4.78 is 0. The van der Waals surface area contributed by atoms with E-state index in [-0.39, 0.29) is 5.91 Å². The van der Waals surface area contributed by atoms with Gasteiger partial charge in [0.05, 0.1) is 0 Å². The Morgan fingerprint density at radius 3 is 2.40 bits per heavy atom. The second-order valence-corrected chi connectivity index (χ2v) is 6.03. The number of carbonyl (C=O) groups excluding carboxylic acids is 1. The lowest BCUT2D eigenvalue weighted by Crippen LogP contribution is -2.30. The maximum atomic E-state index is 12.3. The van der Waals surface area contributed by atoms with E-state index in [1.165, 1.54) is 24.0 Å². The van der Waals surface area contributed by atoms with E-state index < -0.39 is 0 Å². The molecule has 1 aromatic carbocycles. The lowest BCUT2D eigenvalue weighted by atomic mass is 9.93. The van der Waals surface area contributed by atoms with Crippen LogP contribution >= 0.6 is 0 Å². The van der Waals surface area contributed by atoms with Gasteiger partial charge in [-0.2, -0.15) is 0 Å². The second-order valence-electron chi connectivity index (χ2n) is 6.03. The minimum atomic E-state index is 0.230. The van der Waals surface area contributed by atoms with Crippen LogP contribution in [0.25, 0.3) is 0 Å². The lowest BCUT2D eigenvalue weighted by molar-refractivity contribution is -0.118. The molecule has 0 saturated carbocycles. The normalized spacial score (nSPS) is 16.1. The van der Waals surface area contributed by atoms with Crippen molar-refractivity contribution in [1.82, 2.24) is 5.32 Å². The Bertz CT molecular complexity index is 444. The zero-order chi connectivity index (χ0) is 14.5. The number of carbonyl (C=O) groups is 1. The molecule has 2 rings (SSSR count). The molecule has 1 N–H and O–H groups in total. The molecular formula is C17H26N2O. The molecule has 1 fully saturated rings. The molecule has 0 aliphatic carbocycles. The Hall–Kier alpha value is -1.35. The molecule has 1 saturated heterocycles. The Morgan fingerprint density at radius 1 is 1.20 bits per heavy atom. The minimum Gasteiger partial charge on any atom is -0.317 e. The number of hydrogen-bond donors (Lipinski definition) is 1. The van der Waals surface area contributed by atoms with Crippen LogP contribution in [0.4, 0.5) is 5.69 Å². The number of amides is 1. The molecule has 0 spiro atoms. The van der Waals surface area contributed by atoms with Crippen LogP contribution in [0, 0.1) is 19.8 Å². The van der Waals surface area contributed by atoms with Crippen molar-refractivity contribution in [2.24, 2.45) is 5.92 Å². The molecule has 20 heavy (non-hydrogen) atoms. The number of nitrogens with zero attached hydrogens (tertiary/aromatic N) is 1. The van der Waals surface area contributed by atoms with Gasteiger partial charge in [0.1, 0.15) is 0 Å². The summed E-state index contributed by atoms with van der Waals surface area (Å²) in [6.07, 6.45) is 4.10. The summed E-state index contributed by atoms with van der Waals surface area (Å²) in [5, 5.41) is 3.37. The van der Waals surface area contributed by atoms with Crippen molar-refractivity contribution in [2.75, 3.05) is 25.0 Å². The minimum absolute atomic E-state index is 0.230. The van der Waals surface area contributed by atoms with E-state index in [0.717, 1.165) is 25.2 Å². The molecule has 0 bridgehead atoms. The summed E-state index contributed by atoms with van der Waals surface area (Å²) in [4.78, 5) is 14.1. The fourth-order valence-corrected chi connectivity index (χ4v) is 2.95. The van der Waals surface area contributed by atoms with E-state index >= 15 is 0 Å². The average Bonchev–Trinajstić information content (AvgIpc) is 2.44. The molecule has 3 heteroatoms. The Labute approximate surface area is 122 Å². The SMILES string of the molecule is Cc1cc(C)cc(N(C)C(=O)CCC2CCNCC2)c1. The molecule has 1 aliphatic rings. The van der Waals surface area contributed by atoms with Gasteiger partial charge < -0.3 is 10.2 Å². The third-order valence-corrected chi connectivity index (χ3v) is 4.19. The van der Waals surface area contributed by atoms with E-state index in [1.54, 1.807) is 4.90 Å². The van der Waals surface area contributed by atoms with Crippen LogP contribution in [0.15, 0.2) is 18.2 Å². The van der Waals surface area contributed by atoms with Gasteiger partial charge in [-0.15, -0.1) is 0 Å². The first-order valence-corrected chi connectivity index (χ1v) is 7.62. The standard InChI is InChI=1S/C17H26N2O/c1-13-10-14(2)12-16(11-13)19(3)17(20)5-4-15-6-8-18-9-7-15/h10-12,15,18H,4-9H2,1-3H3.